The molecule has 0 radical (unpaired) electrons. The average Bonchev–Trinajstić information content (AvgIpc) is 2.00. The normalized spacial score (nSPS) is 9.44. The fourth-order valence-corrected chi connectivity index (χ4v) is 2.17. The zero-order chi connectivity index (χ0) is 9.90. The van der Waals surface area contributed by atoms with Crippen LogP contribution in [0.3, 0.4) is 0 Å². The smallest absolute Gasteiger partial charge is 0.803 e. The third-order valence-electron chi connectivity index (χ3n) is 1.15. The molecule has 0 aliphatic rings. The second-order valence-electron chi connectivity index (χ2n) is 2.19. The van der Waals surface area contributed by atoms with Crippen LogP contribution >= 0.6 is 29.8 Å². The summed E-state index contributed by atoms with van der Waals surface area (Å²) in [6.07, 6.45) is 1.46. The van der Waals surface area contributed by atoms with Gasteiger partial charge in [0.15, 0.2) is 0 Å². The Labute approximate surface area is 126 Å². The zero-order valence-corrected chi connectivity index (χ0v) is 11.3. The molecule has 0 aliphatic carbocycles. The summed E-state index contributed by atoms with van der Waals surface area (Å²) < 4.78 is 10.3. The van der Waals surface area contributed by atoms with Gasteiger partial charge >= 0.3 is 37.7 Å². The number of nitrogens with zero attached hydrogens (tertiary/aromatic N) is 1. The number of hydrogen-bond acceptors (Lipinski definition) is 5. The van der Waals surface area contributed by atoms with Crippen molar-refractivity contribution in [1.82, 2.24) is 4.98 Å². The number of aromatic nitrogens is 1. The van der Waals surface area contributed by atoms with Crippen LogP contribution in [0, 0.1) is 0 Å². The van der Waals surface area contributed by atoms with E-state index in [1.807, 2.05) is 0 Å². The molecule has 0 atom stereocenters. The van der Waals surface area contributed by atoms with Crippen molar-refractivity contribution in [3.63, 3.8) is 0 Å². The molecule has 0 aliphatic heterocycles. The average molecular weight is 270 g/mol. The molecule has 1 heterocycles. The third-order valence-corrected chi connectivity index (χ3v) is 3.46. The van der Waals surface area contributed by atoms with Gasteiger partial charge in [-0.25, -0.2) is 0 Å². The van der Waals surface area contributed by atoms with Gasteiger partial charge in [-0.2, -0.15) is 0 Å². The SMILES string of the molecule is O.O=P([O-])([O-])SCc1cc(Cl)ccn1.[Li+].[Li+]. The summed E-state index contributed by atoms with van der Waals surface area (Å²) in [4.78, 5) is 24.4. The second kappa shape index (κ2) is 10.1. The Morgan fingerprint density at radius 2 is 2.00 bits per heavy atom. The molecule has 80 valence electrons. The number of hydrogen-bond donors (Lipinski definition) is 0. The van der Waals surface area contributed by atoms with Gasteiger partial charge in [-0.1, -0.05) is 11.6 Å². The molecule has 0 spiro atoms. The molecule has 1 aromatic rings. The zero-order valence-electron chi connectivity index (χ0n) is 8.84. The first-order valence-electron chi connectivity index (χ1n) is 3.24. The van der Waals surface area contributed by atoms with Crippen molar-refractivity contribution < 1.29 is 57.5 Å². The monoisotopic (exact) mass is 269 g/mol. The van der Waals surface area contributed by atoms with Crippen molar-refractivity contribution in [1.29, 1.82) is 0 Å². The fourth-order valence-electron chi connectivity index (χ4n) is 0.673. The van der Waals surface area contributed by atoms with Gasteiger partial charge in [0.1, 0.15) is 0 Å². The summed E-state index contributed by atoms with van der Waals surface area (Å²) in [7, 11) is 0. The van der Waals surface area contributed by atoms with Crippen LogP contribution in [0.15, 0.2) is 18.3 Å². The molecule has 5 nitrogen and oxygen atoms in total. The second-order valence-corrected chi connectivity index (χ2v) is 6.18. The largest absolute Gasteiger partial charge is 1.00 e. The number of halogens is 1. The van der Waals surface area contributed by atoms with E-state index >= 15 is 0 Å². The van der Waals surface area contributed by atoms with Gasteiger partial charge in [-0.05, 0) is 18.9 Å². The van der Waals surface area contributed by atoms with Crippen molar-refractivity contribution in [3.8, 4) is 0 Å². The maximum absolute atomic E-state index is 10.3. The Bertz CT molecular complexity index is 353. The molecular weight excluding hydrogens is 262 g/mol. The van der Waals surface area contributed by atoms with Crippen LogP contribution in [0.2, 0.25) is 5.02 Å². The van der Waals surface area contributed by atoms with Gasteiger partial charge in [0.05, 0.1) is 5.69 Å². The van der Waals surface area contributed by atoms with E-state index in [4.69, 9.17) is 11.6 Å². The van der Waals surface area contributed by atoms with Crippen LogP contribution in [0.4, 0.5) is 0 Å². The van der Waals surface area contributed by atoms with E-state index in [1.165, 1.54) is 12.3 Å². The molecule has 2 N–H and O–H groups in total. The molecule has 0 amide bonds. The van der Waals surface area contributed by atoms with Gasteiger partial charge in [-0.15, -0.1) is 11.4 Å². The Kier molecular flexibility index (Phi) is 14.0. The van der Waals surface area contributed by atoms with Crippen LogP contribution in [0.25, 0.3) is 0 Å². The minimum Gasteiger partial charge on any atom is -0.803 e. The van der Waals surface area contributed by atoms with E-state index in [0.717, 1.165) is 0 Å². The Morgan fingerprint density at radius 1 is 1.44 bits per heavy atom. The molecule has 0 bridgehead atoms. The standard InChI is InChI=1S/C6H7ClNO3PS.2Li.H2O/c7-5-1-2-8-6(3-5)4-13-12(9,10)11;;;/h1-3H,4H2,(H2,9,10,11);;;1H2/q;2*+1;/p-2. The fraction of sp³-hybridized carbons (Fsp3) is 0.167. The van der Waals surface area contributed by atoms with Crippen LogP contribution in [0.5, 0.6) is 0 Å². The Hall–Kier alpha value is 1.09. The van der Waals surface area contributed by atoms with E-state index in [2.05, 4.69) is 4.98 Å². The van der Waals surface area contributed by atoms with Gasteiger partial charge in [0.2, 0.25) is 0 Å². The predicted octanol–water partition coefficient (Wildman–Crippen LogP) is -6.02. The molecule has 0 unspecified atom stereocenters. The molecule has 0 saturated heterocycles. The summed E-state index contributed by atoms with van der Waals surface area (Å²) in [5.74, 6) is 0.0326. The number of rotatable bonds is 3. The van der Waals surface area contributed by atoms with Crippen molar-refractivity contribution in [3.05, 3.63) is 29.0 Å². The van der Waals surface area contributed by atoms with Gasteiger partial charge in [-0.3, -0.25) is 4.98 Å². The molecule has 0 fully saturated rings. The molecule has 0 saturated carbocycles. The van der Waals surface area contributed by atoms with Gasteiger partial charge < -0.3 is 19.8 Å². The van der Waals surface area contributed by atoms with Crippen LogP contribution < -0.4 is 47.5 Å². The van der Waals surface area contributed by atoms with Crippen molar-refractivity contribution in [2.45, 2.75) is 5.75 Å². The first-order valence-corrected chi connectivity index (χ1v) is 6.75. The summed E-state index contributed by atoms with van der Waals surface area (Å²) in [6, 6.07) is 3.09. The quantitative estimate of drug-likeness (QED) is 0.401. The van der Waals surface area contributed by atoms with Crippen LogP contribution in [-0.4, -0.2) is 10.5 Å². The Balaban J connectivity index is -0.000000563. The minimum atomic E-state index is -4.51. The van der Waals surface area contributed by atoms with Crippen molar-refractivity contribution in [2.24, 2.45) is 0 Å². The summed E-state index contributed by atoms with van der Waals surface area (Å²) >= 11 is 5.94. The molecule has 1 rings (SSSR count). The Morgan fingerprint density at radius 3 is 2.44 bits per heavy atom. The molecule has 0 aromatic carbocycles. The van der Waals surface area contributed by atoms with E-state index in [1.54, 1.807) is 6.07 Å². The topological polar surface area (TPSA) is 108 Å². The summed E-state index contributed by atoms with van der Waals surface area (Å²) in [5, 5.41) is 0.470. The van der Waals surface area contributed by atoms with E-state index in [-0.39, 0.29) is 49.0 Å². The van der Waals surface area contributed by atoms with Crippen molar-refractivity contribution in [2.75, 3.05) is 0 Å². The maximum Gasteiger partial charge on any atom is 1.00 e. The number of pyridine rings is 1. The van der Waals surface area contributed by atoms with E-state index < -0.39 is 6.80 Å². The molecular formula is C6H7ClLi2NO4PS. The summed E-state index contributed by atoms with van der Waals surface area (Å²) in [5.41, 5.74) is 0.476. The summed E-state index contributed by atoms with van der Waals surface area (Å²) in [6.45, 7) is -4.51. The molecule has 1 aromatic heterocycles. The third kappa shape index (κ3) is 10.3. The molecule has 10 heteroatoms. The first-order chi connectivity index (χ1) is 5.97. The van der Waals surface area contributed by atoms with Crippen molar-refractivity contribution >= 4 is 29.8 Å². The van der Waals surface area contributed by atoms with E-state index in [9.17, 15) is 14.4 Å². The van der Waals surface area contributed by atoms with Gasteiger partial charge in [0, 0.05) is 17.0 Å². The maximum atomic E-state index is 10.3. The molecule has 16 heavy (non-hydrogen) atoms. The minimum absolute atomic E-state index is 0. The predicted molar refractivity (Wildman–Crippen MR) is 51.8 cm³/mol. The van der Waals surface area contributed by atoms with Crippen LogP contribution in [-0.2, 0) is 10.3 Å². The van der Waals surface area contributed by atoms with Crippen LogP contribution in [0.1, 0.15) is 5.69 Å². The van der Waals surface area contributed by atoms with Gasteiger partial charge in [0.25, 0.3) is 0 Å². The first kappa shape index (κ1) is 22.3. The van der Waals surface area contributed by atoms with E-state index in [0.29, 0.717) is 22.1 Å².